The molecule has 1 fully saturated rings. The molecule has 1 aromatic carbocycles. The Labute approximate surface area is 135 Å². The maximum atomic E-state index is 6.28. The van der Waals surface area contributed by atoms with Crippen molar-refractivity contribution < 1.29 is 0 Å². The normalized spacial score (nSPS) is 20.1. The third-order valence-corrected chi connectivity index (χ3v) is 4.35. The van der Waals surface area contributed by atoms with Crippen LogP contribution in [0, 0.1) is 5.92 Å². The molecule has 0 bridgehead atoms. The summed E-state index contributed by atoms with van der Waals surface area (Å²) in [5, 5.41) is 4.14. The zero-order valence-electron chi connectivity index (χ0n) is 11.2. The van der Waals surface area contributed by atoms with Gasteiger partial charge in [0.25, 0.3) is 0 Å². The Bertz CT molecular complexity index is 399. The van der Waals surface area contributed by atoms with E-state index in [1.807, 2.05) is 13.1 Å². The van der Waals surface area contributed by atoms with Crippen molar-refractivity contribution in [2.24, 2.45) is 5.92 Å². The molecule has 1 atom stereocenters. The maximum absolute atomic E-state index is 6.28. The van der Waals surface area contributed by atoms with Crippen molar-refractivity contribution in [2.75, 3.05) is 26.7 Å². The van der Waals surface area contributed by atoms with Crippen LogP contribution in [0.25, 0.3) is 0 Å². The summed E-state index contributed by atoms with van der Waals surface area (Å²) in [6.45, 7) is 4.44. The molecular formula is C14H21BrCl2N2. The first-order chi connectivity index (χ1) is 8.69. The summed E-state index contributed by atoms with van der Waals surface area (Å²) in [7, 11) is 2.03. The van der Waals surface area contributed by atoms with Crippen molar-refractivity contribution in [1.29, 1.82) is 0 Å². The highest BCUT2D eigenvalue weighted by Gasteiger charge is 2.19. The van der Waals surface area contributed by atoms with E-state index in [2.05, 4.69) is 38.3 Å². The van der Waals surface area contributed by atoms with Crippen molar-refractivity contribution in [3.63, 3.8) is 0 Å². The van der Waals surface area contributed by atoms with Crippen molar-refractivity contribution in [2.45, 2.75) is 19.4 Å². The van der Waals surface area contributed by atoms with E-state index in [1.54, 1.807) is 0 Å². The molecule has 1 saturated heterocycles. The molecule has 19 heavy (non-hydrogen) atoms. The highest BCUT2D eigenvalue weighted by Crippen LogP contribution is 2.24. The summed E-state index contributed by atoms with van der Waals surface area (Å²) in [4.78, 5) is 2.51. The minimum absolute atomic E-state index is 0. The first kappa shape index (κ1) is 17.3. The van der Waals surface area contributed by atoms with Gasteiger partial charge in [0.2, 0.25) is 0 Å². The van der Waals surface area contributed by atoms with Crippen LogP contribution in [-0.4, -0.2) is 31.6 Å². The van der Waals surface area contributed by atoms with Gasteiger partial charge in [0.1, 0.15) is 0 Å². The fourth-order valence-electron chi connectivity index (χ4n) is 2.64. The molecule has 1 aromatic rings. The van der Waals surface area contributed by atoms with Gasteiger partial charge in [0.05, 0.1) is 0 Å². The monoisotopic (exact) mass is 366 g/mol. The average molecular weight is 368 g/mol. The van der Waals surface area contributed by atoms with E-state index in [0.717, 1.165) is 28.5 Å². The van der Waals surface area contributed by atoms with Gasteiger partial charge >= 0.3 is 0 Å². The second kappa shape index (κ2) is 8.48. The van der Waals surface area contributed by atoms with Gasteiger partial charge in [-0.15, -0.1) is 12.4 Å². The Kier molecular flexibility index (Phi) is 7.70. The smallest absolute Gasteiger partial charge is 0.0462 e. The predicted molar refractivity (Wildman–Crippen MR) is 88.3 cm³/mol. The highest BCUT2D eigenvalue weighted by molar-refractivity contribution is 9.10. The molecule has 1 N–H and O–H groups in total. The highest BCUT2D eigenvalue weighted by atomic mass is 79.9. The molecule has 1 heterocycles. The molecule has 1 aliphatic heterocycles. The Morgan fingerprint density at radius 1 is 1.47 bits per heavy atom. The average Bonchev–Trinajstić information content (AvgIpc) is 2.34. The Hall–Kier alpha value is 0.200. The van der Waals surface area contributed by atoms with Gasteiger partial charge in [-0.2, -0.15) is 0 Å². The zero-order chi connectivity index (χ0) is 13.0. The van der Waals surface area contributed by atoms with E-state index < -0.39 is 0 Å². The third kappa shape index (κ3) is 5.24. The van der Waals surface area contributed by atoms with Gasteiger partial charge < -0.3 is 5.32 Å². The van der Waals surface area contributed by atoms with E-state index in [1.165, 1.54) is 31.5 Å². The van der Waals surface area contributed by atoms with Gasteiger partial charge in [-0.1, -0.05) is 33.6 Å². The lowest BCUT2D eigenvalue weighted by Crippen LogP contribution is -2.38. The van der Waals surface area contributed by atoms with Gasteiger partial charge in [-0.25, -0.2) is 0 Å². The lowest BCUT2D eigenvalue weighted by Gasteiger charge is -2.32. The van der Waals surface area contributed by atoms with Crippen molar-refractivity contribution >= 4 is 39.9 Å². The molecular weight excluding hydrogens is 347 g/mol. The lowest BCUT2D eigenvalue weighted by atomic mass is 9.97. The number of halogens is 3. The standard InChI is InChI=1S/C14H20BrClN2.ClH/c1-17-8-11-3-2-6-18(9-11)10-12-4-5-13(15)7-14(12)16;/h4-5,7,11,17H,2-3,6,8-10H2,1H3;1H. The van der Waals surface area contributed by atoms with Gasteiger partial charge in [0.15, 0.2) is 0 Å². The van der Waals surface area contributed by atoms with E-state index in [0.29, 0.717) is 0 Å². The van der Waals surface area contributed by atoms with E-state index >= 15 is 0 Å². The number of nitrogens with one attached hydrogen (secondary N) is 1. The Balaban J connectivity index is 0.00000180. The number of nitrogens with zero attached hydrogens (tertiary/aromatic N) is 1. The molecule has 0 amide bonds. The second-order valence-electron chi connectivity index (χ2n) is 5.04. The minimum Gasteiger partial charge on any atom is -0.319 e. The molecule has 0 aromatic heterocycles. The predicted octanol–water partition coefficient (Wildman–Crippen LogP) is 3.96. The van der Waals surface area contributed by atoms with E-state index in [4.69, 9.17) is 11.6 Å². The van der Waals surface area contributed by atoms with Crippen LogP contribution in [0.15, 0.2) is 22.7 Å². The molecule has 0 saturated carbocycles. The molecule has 108 valence electrons. The van der Waals surface area contributed by atoms with E-state index in [-0.39, 0.29) is 12.4 Å². The summed E-state index contributed by atoms with van der Waals surface area (Å²) in [5.74, 6) is 0.776. The van der Waals surface area contributed by atoms with Crippen molar-refractivity contribution in [1.82, 2.24) is 10.2 Å². The number of benzene rings is 1. The number of hydrogen-bond donors (Lipinski definition) is 1. The topological polar surface area (TPSA) is 15.3 Å². The first-order valence-electron chi connectivity index (χ1n) is 6.50. The molecule has 0 aliphatic carbocycles. The Morgan fingerprint density at radius 3 is 2.95 bits per heavy atom. The van der Waals surface area contributed by atoms with Crippen LogP contribution < -0.4 is 5.32 Å². The van der Waals surface area contributed by atoms with Crippen LogP contribution in [-0.2, 0) is 6.54 Å². The fraction of sp³-hybridized carbons (Fsp3) is 0.571. The summed E-state index contributed by atoms with van der Waals surface area (Å²) in [5.41, 5.74) is 1.23. The molecule has 0 radical (unpaired) electrons. The zero-order valence-corrected chi connectivity index (χ0v) is 14.3. The second-order valence-corrected chi connectivity index (χ2v) is 6.36. The maximum Gasteiger partial charge on any atom is 0.0462 e. The molecule has 2 nitrogen and oxygen atoms in total. The van der Waals surface area contributed by atoms with Crippen LogP contribution in [0.2, 0.25) is 5.02 Å². The molecule has 5 heteroatoms. The number of likely N-dealkylation sites (tertiary alicyclic amines) is 1. The fourth-order valence-corrected chi connectivity index (χ4v) is 3.37. The quantitative estimate of drug-likeness (QED) is 0.866. The van der Waals surface area contributed by atoms with Crippen LogP contribution in [0.4, 0.5) is 0 Å². The summed E-state index contributed by atoms with van der Waals surface area (Å²) < 4.78 is 1.04. The molecule has 2 rings (SSSR count). The number of hydrogen-bond acceptors (Lipinski definition) is 2. The number of rotatable bonds is 4. The molecule has 0 spiro atoms. The minimum atomic E-state index is 0. The van der Waals surface area contributed by atoms with Crippen LogP contribution >= 0.6 is 39.9 Å². The SMILES string of the molecule is CNCC1CCCN(Cc2ccc(Br)cc2Cl)C1.Cl. The van der Waals surface area contributed by atoms with E-state index in [9.17, 15) is 0 Å². The third-order valence-electron chi connectivity index (χ3n) is 3.50. The largest absolute Gasteiger partial charge is 0.319 e. The van der Waals surface area contributed by atoms with Crippen LogP contribution in [0.5, 0.6) is 0 Å². The summed E-state index contributed by atoms with van der Waals surface area (Å²) in [6, 6.07) is 6.16. The van der Waals surface area contributed by atoms with Crippen LogP contribution in [0.1, 0.15) is 18.4 Å². The molecule has 1 aliphatic rings. The first-order valence-corrected chi connectivity index (χ1v) is 7.67. The Morgan fingerprint density at radius 2 is 2.26 bits per heavy atom. The van der Waals surface area contributed by atoms with Gasteiger partial charge in [0, 0.05) is 22.6 Å². The molecule has 1 unspecified atom stereocenters. The summed E-state index contributed by atoms with van der Waals surface area (Å²) >= 11 is 9.72. The number of piperidine rings is 1. The summed E-state index contributed by atoms with van der Waals surface area (Å²) in [6.07, 6.45) is 2.63. The lowest BCUT2D eigenvalue weighted by molar-refractivity contribution is 0.167. The van der Waals surface area contributed by atoms with Gasteiger partial charge in [-0.3, -0.25) is 4.90 Å². The van der Waals surface area contributed by atoms with Gasteiger partial charge in [-0.05, 0) is 56.6 Å². The van der Waals surface area contributed by atoms with Crippen molar-refractivity contribution in [3.05, 3.63) is 33.3 Å². The van der Waals surface area contributed by atoms with Crippen LogP contribution in [0.3, 0.4) is 0 Å². The van der Waals surface area contributed by atoms with Crippen molar-refractivity contribution in [3.8, 4) is 0 Å².